The van der Waals surface area contributed by atoms with Gasteiger partial charge in [0.25, 0.3) is 0 Å². The van der Waals surface area contributed by atoms with Gasteiger partial charge in [-0.15, -0.1) is 0 Å². The third-order valence-electron chi connectivity index (χ3n) is 5.14. The van der Waals surface area contributed by atoms with Crippen LogP contribution in [0.3, 0.4) is 0 Å². The molecule has 1 aliphatic rings. The number of hydrogen-bond acceptors (Lipinski definition) is 4. The van der Waals surface area contributed by atoms with Crippen molar-refractivity contribution in [2.75, 3.05) is 13.1 Å². The lowest BCUT2D eigenvalue weighted by Crippen LogP contribution is -2.52. The highest BCUT2D eigenvalue weighted by atomic mass is 32.2. The summed E-state index contributed by atoms with van der Waals surface area (Å²) >= 11 is 0. The van der Waals surface area contributed by atoms with Crippen molar-refractivity contribution in [2.45, 2.75) is 62.9 Å². The van der Waals surface area contributed by atoms with Crippen LogP contribution in [-0.4, -0.2) is 43.3 Å². The Kier molecular flexibility index (Phi) is 7.21. The van der Waals surface area contributed by atoms with Crippen molar-refractivity contribution in [1.82, 2.24) is 9.62 Å². The molecule has 0 aliphatic carbocycles. The lowest BCUT2D eigenvalue weighted by Gasteiger charge is -2.31. The molecule has 1 saturated heterocycles. The van der Waals surface area contributed by atoms with Crippen LogP contribution in [0.1, 0.15) is 46.5 Å². The molecule has 8 heteroatoms. The molecule has 1 amide bonds. The van der Waals surface area contributed by atoms with Crippen LogP contribution in [0.15, 0.2) is 29.2 Å². The van der Waals surface area contributed by atoms with Crippen molar-refractivity contribution >= 4 is 21.6 Å². The van der Waals surface area contributed by atoms with Crippen molar-refractivity contribution in [3.63, 3.8) is 0 Å². The van der Waals surface area contributed by atoms with Gasteiger partial charge in [0, 0.05) is 18.6 Å². The van der Waals surface area contributed by atoms with Crippen LogP contribution in [0.2, 0.25) is 0 Å². The smallest absolute Gasteiger partial charge is 0.237 e. The number of benzene rings is 1. The van der Waals surface area contributed by atoms with Crippen LogP contribution in [0.4, 0.5) is 5.69 Å². The number of rotatable bonds is 6. The van der Waals surface area contributed by atoms with E-state index in [9.17, 15) is 13.2 Å². The molecule has 0 saturated carbocycles. The van der Waals surface area contributed by atoms with Crippen molar-refractivity contribution in [3.8, 4) is 0 Å². The van der Waals surface area contributed by atoms with Gasteiger partial charge in [0.1, 0.15) is 0 Å². The topological polar surface area (TPSA) is 96.9 Å². The van der Waals surface area contributed by atoms with E-state index >= 15 is 0 Å². The van der Waals surface area contributed by atoms with Crippen molar-refractivity contribution in [1.29, 1.82) is 0 Å². The van der Waals surface area contributed by atoms with E-state index in [1.54, 1.807) is 12.1 Å². The van der Waals surface area contributed by atoms with Crippen LogP contribution in [0, 0.1) is 12.5 Å². The highest BCUT2D eigenvalue weighted by Gasteiger charge is 2.35. The zero-order valence-corrected chi connectivity index (χ0v) is 17.6. The molecule has 7 nitrogen and oxygen atoms in total. The van der Waals surface area contributed by atoms with E-state index in [0.29, 0.717) is 38.1 Å². The molecule has 1 unspecified atom stereocenters. The van der Waals surface area contributed by atoms with Crippen LogP contribution >= 0.6 is 0 Å². The third-order valence-corrected chi connectivity index (χ3v) is 7.09. The number of nitrogens with zero attached hydrogens (tertiary/aromatic N) is 2. The minimum atomic E-state index is -3.76. The first-order chi connectivity index (χ1) is 13.1. The van der Waals surface area contributed by atoms with Crippen LogP contribution in [0.5, 0.6) is 0 Å². The molecule has 0 spiro atoms. The monoisotopic (exact) mass is 406 g/mol. The van der Waals surface area contributed by atoms with Gasteiger partial charge >= 0.3 is 0 Å². The molecule has 2 rings (SSSR count). The van der Waals surface area contributed by atoms with E-state index in [0.717, 1.165) is 0 Å². The molecule has 154 valence electrons. The molecule has 1 aliphatic heterocycles. The highest BCUT2D eigenvalue weighted by Crippen LogP contribution is 2.30. The predicted molar refractivity (Wildman–Crippen MR) is 109 cm³/mol. The van der Waals surface area contributed by atoms with Crippen LogP contribution in [-0.2, 0) is 14.8 Å². The van der Waals surface area contributed by atoms with Crippen molar-refractivity contribution < 1.29 is 13.2 Å². The number of hydrogen-bond donors (Lipinski definition) is 2. The molecule has 0 radical (unpaired) electrons. The Bertz CT molecular complexity index is 847. The minimum Gasteiger partial charge on any atom is -0.350 e. The Morgan fingerprint density at radius 2 is 2.00 bits per heavy atom. The number of nitrogens with two attached hydrogens (primary N) is 1. The number of carbonyl (C=O) groups excluding carboxylic acids is 1. The maximum atomic E-state index is 13.1. The summed E-state index contributed by atoms with van der Waals surface area (Å²) < 4.78 is 27.5. The fourth-order valence-electron chi connectivity index (χ4n) is 3.53. The summed E-state index contributed by atoms with van der Waals surface area (Å²) in [5, 5.41) is 3.04. The fourth-order valence-corrected chi connectivity index (χ4v) is 5.14. The summed E-state index contributed by atoms with van der Waals surface area (Å²) in [5.74, 6) is 0.136. The van der Waals surface area contributed by atoms with E-state index in [-0.39, 0.29) is 23.0 Å². The van der Waals surface area contributed by atoms with Crippen LogP contribution in [0.25, 0.3) is 4.85 Å². The van der Waals surface area contributed by atoms with E-state index in [1.165, 1.54) is 16.4 Å². The number of nitrogens with one attached hydrogen (secondary N) is 1. The highest BCUT2D eigenvalue weighted by molar-refractivity contribution is 7.89. The summed E-state index contributed by atoms with van der Waals surface area (Å²) in [4.78, 5) is 15.8. The van der Waals surface area contributed by atoms with Gasteiger partial charge in [-0.1, -0.05) is 38.1 Å². The minimum absolute atomic E-state index is 0.0385. The Morgan fingerprint density at radius 3 is 2.64 bits per heavy atom. The Hall–Kier alpha value is -1.95. The average molecular weight is 407 g/mol. The summed E-state index contributed by atoms with van der Waals surface area (Å²) in [6, 6.07) is 5.70. The summed E-state index contributed by atoms with van der Waals surface area (Å²) in [7, 11) is -3.76. The first kappa shape index (κ1) is 22.3. The zero-order chi connectivity index (χ0) is 20.9. The standard InChI is InChI=1S/C20H30N4O3S/c1-15(2)14-16(21)19(25)23-20(3)10-7-12-24(13-11-20)28(26,27)18-9-6-5-8-17(18)22-4/h5-6,8-9,15-16H,7,10-14,21H2,1-3H3,(H,23,25)/t16-,20?/m0/s1. The Morgan fingerprint density at radius 1 is 1.32 bits per heavy atom. The molecule has 2 atom stereocenters. The molecule has 1 aromatic carbocycles. The molecule has 1 heterocycles. The third kappa shape index (κ3) is 5.31. The van der Waals surface area contributed by atoms with E-state index < -0.39 is 21.6 Å². The molecule has 0 aromatic heterocycles. The number of amides is 1. The quantitative estimate of drug-likeness (QED) is 0.710. The van der Waals surface area contributed by atoms with Crippen molar-refractivity contribution in [2.24, 2.45) is 11.7 Å². The number of sulfonamides is 1. The van der Waals surface area contributed by atoms with E-state index in [4.69, 9.17) is 12.3 Å². The van der Waals surface area contributed by atoms with Crippen LogP contribution < -0.4 is 11.1 Å². The van der Waals surface area contributed by atoms with Gasteiger partial charge in [-0.25, -0.2) is 13.3 Å². The fraction of sp³-hybridized carbons (Fsp3) is 0.600. The summed E-state index contributed by atoms with van der Waals surface area (Å²) in [6.45, 7) is 13.9. The Labute approximate surface area is 168 Å². The molecule has 3 N–H and O–H groups in total. The molecule has 28 heavy (non-hydrogen) atoms. The molecular formula is C20H30N4O3S. The lowest BCUT2D eigenvalue weighted by molar-refractivity contribution is -0.124. The zero-order valence-electron chi connectivity index (χ0n) is 16.8. The average Bonchev–Trinajstić information content (AvgIpc) is 2.83. The van der Waals surface area contributed by atoms with Gasteiger partial charge in [0.15, 0.2) is 0 Å². The second-order valence-corrected chi connectivity index (χ2v) is 10.0. The molecule has 1 aromatic rings. The SMILES string of the molecule is [C-]#[N+]c1ccccc1S(=O)(=O)N1CCCC(C)(NC(=O)[C@@H](N)CC(C)C)CC1. The summed E-state index contributed by atoms with van der Waals surface area (Å²) in [6.07, 6.45) is 2.39. The maximum absolute atomic E-state index is 13.1. The van der Waals surface area contributed by atoms with Gasteiger partial charge in [0.2, 0.25) is 21.6 Å². The molecule has 0 bridgehead atoms. The van der Waals surface area contributed by atoms with Gasteiger partial charge < -0.3 is 11.1 Å². The summed E-state index contributed by atoms with van der Waals surface area (Å²) in [5.41, 5.74) is 5.61. The van der Waals surface area contributed by atoms with Gasteiger partial charge in [0.05, 0.1) is 17.5 Å². The van der Waals surface area contributed by atoms with E-state index in [2.05, 4.69) is 10.2 Å². The van der Waals surface area contributed by atoms with Gasteiger partial charge in [-0.05, 0) is 38.5 Å². The largest absolute Gasteiger partial charge is 0.350 e. The second kappa shape index (κ2) is 9.03. The lowest BCUT2D eigenvalue weighted by atomic mass is 9.92. The molecular weight excluding hydrogens is 376 g/mol. The number of para-hydroxylation sites is 1. The van der Waals surface area contributed by atoms with Crippen molar-refractivity contribution in [3.05, 3.63) is 35.7 Å². The first-order valence-electron chi connectivity index (χ1n) is 9.63. The second-order valence-electron chi connectivity index (χ2n) is 8.12. The maximum Gasteiger partial charge on any atom is 0.237 e. The predicted octanol–water partition coefficient (Wildman–Crippen LogP) is 2.66. The van der Waals surface area contributed by atoms with Gasteiger partial charge in [-0.3, -0.25) is 4.79 Å². The van der Waals surface area contributed by atoms with E-state index in [1.807, 2.05) is 20.8 Å². The number of carbonyl (C=O) groups is 1. The van der Waals surface area contributed by atoms with Gasteiger partial charge in [-0.2, -0.15) is 4.31 Å². The molecule has 1 fully saturated rings. The normalized spacial score (nSPS) is 22.3. The first-order valence-corrected chi connectivity index (χ1v) is 11.1. The Balaban J connectivity index is 2.12.